The van der Waals surface area contributed by atoms with Crippen LogP contribution < -0.4 is 0 Å². The summed E-state index contributed by atoms with van der Waals surface area (Å²) in [6.45, 7) is 17.6. The van der Waals surface area contributed by atoms with Gasteiger partial charge in [0, 0.05) is 41.0 Å². The molecule has 1 aromatic heterocycles. The number of aromatic nitrogens is 2. The second-order valence-electron chi connectivity index (χ2n) is 21.5. The number of carbonyl (C=O) groups is 8. The van der Waals surface area contributed by atoms with Gasteiger partial charge in [-0.25, -0.2) is 23.6 Å². The lowest BCUT2D eigenvalue weighted by molar-refractivity contribution is -0.176. The van der Waals surface area contributed by atoms with Crippen molar-refractivity contribution in [3.63, 3.8) is 0 Å². The average Bonchev–Trinajstić information content (AvgIpc) is 3.77. The average molecular weight is 1050 g/mol. The molecule has 1 fully saturated rings. The van der Waals surface area contributed by atoms with E-state index in [1.165, 1.54) is 52.9 Å². The van der Waals surface area contributed by atoms with E-state index in [0.717, 1.165) is 31.4 Å². The van der Waals surface area contributed by atoms with Crippen LogP contribution in [0.5, 0.6) is 0 Å². The number of ether oxygens (including phenoxy) is 4. The Morgan fingerprint density at radius 2 is 0.787 bits per heavy atom. The van der Waals surface area contributed by atoms with E-state index in [1.54, 1.807) is 54.6 Å². The van der Waals surface area contributed by atoms with Crippen LogP contribution in [-0.2, 0) is 76.7 Å². The van der Waals surface area contributed by atoms with Crippen molar-refractivity contribution in [2.45, 2.75) is 163 Å². The van der Waals surface area contributed by atoms with Gasteiger partial charge in [0.2, 0.25) is 0 Å². The minimum atomic E-state index is -1.57. The van der Waals surface area contributed by atoms with Crippen LogP contribution in [0.25, 0.3) is 0 Å². The highest BCUT2D eigenvalue weighted by molar-refractivity contribution is 5.94. The number of hydrogen-bond acceptors (Lipinski definition) is 13. The Labute approximate surface area is 441 Å². The summed E-state index contributed by atoms with van der Waals surface area (Å²) in [5.74, 6) is -8.02. The fourth-order valence-electron chi connectivity index (χ4n) is 8.92. The number of nitrogens with zero attached hydrogens (tertiary/aromatic N) is 6. The van der Waals surface area contributed by atoms with E-state index in [0.29, 0.717) is 11.1 Å². The van der Waals surface area contributed by atoms with Gasteiger partial charge in [0.25, 0.3) is 23.6 Å². The first-order valence-electron chi connectivity index (χ1n) is 25.9. The van der Waals surface area contributed by atoms with E-state index in [4.69, 9.17) is 18.9 Å². The number of likely N-dealkylation sites (N-methyl/N-ethyl adjacent to an activating group) is 4. The standard InChI is InChI=1S/C56H79FN6O12/c1-33(2)24-43-53(68)72-38(10)50(65)60(12)46(27-36(7)8)56(71)75-48(29-40-20-22-41(23-21-40)31-63-32-42(57)30-58-63)52(67)62(14)44(25-34(3)4)54(69)73-37(9)49(64)59(11)45(26-35(5)6)55(70)74-47(51(66)61(43)13)28-39-18-16-15-17-19-39/h15-23,30,32-38,43-48H,24-29,31H2,1-14H3/t37-,38-,43+,44+,45+,46+,47-,48-/m1/s1. The molecule has 0 bridgehead atoms. The van der Waals surface area contributed by atoms with Crippen LogP contribution in [-0.4, -0.2) is 154 Å². The van der Waals surface area contributed by atoms with Gasteiger partial charge in [0.05, 0.1) is 18.9 Å². The molecule has 75 heavy (non-hydrogen) atoms. The van der Waals surface area contributed by atoms with Crippen molar-refractivity contribution in [1.82, 2.24) is 29.4 Å². The van der Waals surface area contributed by atoms with Gasteiger partial charge in [-0.3, -0.25) is 23.9 Å². The third-order valence-corrected chi connectivity index (χ3v) is 13.1. The predicted octanol–water partition coefficient (Wildman–Crippen LogP) is 6.05. The van der Waals surface area contributed by atoms with Crippen molar-refractivity contribution in [3.05, 3.63) is 89.5 Å². The summed E-state index contributed by atoms with van der Waals surface area (Å²) in [5.41, 5.74) is 1.94. The van der Waals surface area contributed by atoms with Crippen molar-refractivity contribution >= 4 is 47.5 Å². The molecule has 0 radical (unpaired) electrons. The highest BCUT2D eigenvalue weighted by atomic mass is 19.1. The zero-order valence-electron chi connectivity index (χ0n) is 46.2. The van der Waals surface area contributed by atoms with Crippen molar-refractivity contribution < 1.29 is 61.7 Å². The summed E-state index contributed by atoms with van der Waals surface area (Å²) in [4.78, 5) is 120. The maximum absolute atomic E-state index is 14.9. The number of carbonyl (C=O) groups excluding carboxylic acids is 8. The lowest BCUT2D eigenvalue weighted by Crippen LogP contribution is -2.55. The van der Waals surface area contributed by atoms with Crippen LogP contribution in [0.3, 0.4) is 0 Å². The Morgan fingerprint density at radius 3 is 1.12 bits per heavy atom. The zero-order valence-corrected chi connectivity index (χ0v) is 46.2. The lowest BCUT2D eigenvalue weighted by atomic mass is 9.99. The highest BCUT2D eigenvalue weighted by Gasteiger charge is 2.43. The van der Waals surface area contributed by atoms with Crippen molar-refractivity contribution in [2.75, 3.05) is 28.2 Å². The molecule has 1 aliphatic rings. The second kappa shape index (κ2) is 27.8. The van der Waals surface area contributed by atoms with E-state index in [-0.39, 0.29) is 68.7 Å². The normalized spacial score (nSPS) is 24.0. The smallest absolute Gasteiger partial charge is 0.329 e. The van der Waals surface area contributed by atoms with E-state index in [2.05, 4.69) is 5.10 Å². The van der Waals surface area contributed by atoms with Crippen LogP contribution in [0.2, 0.25) is 0 Å². The van der Waals surface area contributed by atoms with Crippen molar-refractivity contribution in [1.29, 1.82) is 0 Å². The molecular weight excluding hydrogens is 968 g/mol. The molecule has 1 saturated heterocycles. The van der Waals surface area contributed by atoms with Gasteiger partial charge >= 0.3 is 23.9 Å². The second-order valence-corrected chi connectivity index (χ2v) is 21.5. The quantitative estimate of drug-likeness (QED) is 0.134. The summed E-state index contributed by atoms with van der Waals surface area (Å²) in [7, 11) is 5.49. The van der Waals surface area contributed by atoms with Gasteiger partial charge in [0.1, 0.15) is 24.2 Å². The van der Waals surface area contributed by atoms with Crippen LogP contribution in [0.4, 0.5) is 4.39 Å². The molecule has 0 aliphatic carbocycles. The summed E-state index contributed by atoms with van der Waals surface area (Å²) >= 11 is 0. The molecule has 0 spiro atoms. The Bertz CT molecular complexity index is 2410. The predicted molar refractivity (Wildman–Crippen MR) is 276 cm³/mol. The lowest BCUT2D eigenvalue weighted by Gasteiger charge is -2.35. The number of benzene rings is 2. The van der Waals surface area contributed by atoms with Gasteiger partial charge in [-0.1, -0.05) is 110 Å². The Balaban J connectivity index is 1.85. The van der Waals surface area contributed by atoms with Crippen molar-refractivity contribution in [3.8, 4) is 0 Å². The summed E-state index contributed by atoms with van der Waals surface area (Å²) in [6.07, 6.45) is -3.66. The van der Waals surface area contributed by atoms with Crippen LogP contribution in [0.15, 0.2) is 67.0 Å². The number of rotatable bonds is 14. The van der Waals surface area contributed by atoms with E-state index < -0.39 is 102 Å². The van der Waals surface area contributed by atoms with E-state index in [1.807, 2.05) is 55.4 Å². The Kier molecular flexibility index (Phi) is 22.5. The monoisotopic (exact) mass is 1050 g/mol. The molecule has 2 aromatic carbocycles. The maximum Gasteiger partial charge on any atom is 0.329 e. The fraction of sp³-hybridized carbons (Fsp3) is 0.589. The third kappa shape index (κ3) is 17.5. The summed E-state index contributed by atoms with van der Waals surface area (Å²) in [6, 6.07) is 10.6. The highest BCUT2D eigenvalue weighted by Crippen LogP contribution is 2.24. The molecular formula is C56H79FN6O12. The van der Waals surface area contributed by atoms with Crippen LogP contribution >= 0.6 is 0 Å². The molecule has 0 N–H and O–H groups in total. The molecule has 4 amide bonds. The topological polar surface area (TPSA) is 204 Å². The zero-order chi connectivity index (χ0) is 56.0. The van der Waals surface area contributed by atoms with Gasteiger partial charge < -0.3 is 38.5 Å². The number of hydrogen-bond donors (Lipinski definition) is 0. The van der Waals surface area contributed by atoms with Crippen LogP contribution in [0, 0.1) is 29.5 Å². The van der Waals surface area contributed by atoms with Gasteiger partial charge in [-0.15, -0.1) is 0 Å². The Hall–Kier alpha value is -6.66. The molecule has 412 valence electrons. The SMILES string of the molecule is CC(C)C[C@H]1C(=O)O[C@H](Cc2ccc(Cn3cc(F)cn3)cc2)C(=O)N(C)[C@@H](CC(C)C)C(=O)O[C@H](C)C(=O)N(C)[C@@H](CC(C)C)C(=O)O[C@H](Cc2ccccc2)C(=O)N(C)[C@@H](CC(C)C)C(=O)O[C@H](C)C(=O)N1C. The number of cyclic esters (lactones) is 4. The third-order valence-electron chi connectivity index (χ3n) is 13.1. The largest absolute Gasteiger partial charge is 0.451 e. The molecule has 0 saturated carbocycles. The molecule has 0 unspecified atom stereocenters. The maximum atomic E-state index is 14.9. The number of amides is 4. The van der Waals surface area contributed by atoms with Crippen molar-refractivity contribution in [2.24, 2.45) is 23.7 Å². The minimum Gasteiger partial charge on any atom is -0.451 e. The molecule has 3 aromatic rings. The molecule has 8 atom stereocenters. The molecule has 19 heteroatoms. The van der Waals surface area contributed by atoms with Gasteiger partial charge in [-0.05, 0) is 79.9 Å². The number of halogens is 1. The summed E-state index contributed by atoms with van der Waals surface area (Å²) < 4.78 is 39.0. The van der Waals surface area contributed by atoms with E-state index in [9.17, 15) is 42.7 Å². The molecule has 1 aliphatic heterocycles. The molecule has 2 heterocycles. The summed E-state index contributed by atoms with van der Waals surface area (Å²) in [5, 5.41) is 3.99. The van der Waals surface area contributed by atoms with E-state index >= 15 is 0 Å². The fourth-order valence-corrected chi connectivity index (χ4v) is 8.92. The first-order valence-corrected chi connectivity index (χ1v) is 25.9. The molecule has 18 nitrogen and oxygen atoms in total. The minimum absolute atomic E-state index is 0.0661. The van der Waals surface area contributed by atoms with Gasteiger partial charge in [0.15, 0.2) is 30.2 Å². The Morgan fingerprint density at radius 1 is 0.467 bits per heavy atom. The number of esters is 4. The van der Waals surface area contributed by atoms with Crippen LogP contribution in [0.1, 0.15) is 112 Å². The first kappa shape index (κ1) is 60.9. The molecule has 4 rings (SSSR count). The first-order chi connectivity index (χ1) is 35.2. The van der Waals surface area contributed by atoms with Gasteiger partial charge in [-0.2, -0.15) is 5.10 Å².